The molecule has 6 heteroatoms. The second kappa shape index (κ2) is 6.98. The molecule has 1 aliphatic heterocycles. The first-order valence-electron chi connectivity index (χ1n) is 7.74. The minimum atomic E-state index is -3.56. The van der Waals surface area contributed by atoms with Gasteiger partial charge in [-0.25, -0.2) is 13.1 Å². The van der Waals surface area contributed by atoms with Crippen LogP contribution in [-0.4, -0.2) is 45.6 Å². The smallest absolute Gasteiger partial charge is 0.244 e. The molecular formula is C16H26N2O3S. The summed E-state index contributed by atoms with van der Waals surface area (Å²) in [5.74, 6) is 0.387. The van der Waals surface area contributed by atoms with Gasteiger partial charge in [0.15, 0.2) is 0 Å². The second-order valence-corrected chi connectivity index (χ2v) is 7.86. The summed E-state index contributed by atoms with van der Waals surface area (Å²) in [4.78, 5) is 2.60. The van der Waals surface area contributed by atoms with E-state index in [9.17, 15) is 8.42 Å². The van der Waals surface area contributed by atoms with Crippen LogP contribution in [0.4, 0.5) is 0 Å². The zero-order chi connectivity index (χ0) is 16.3. The Kier molecular flexibility index (Phi) is 5.47. The number of sulfonamides is 1. The highest BCUT2D eigenvalue weighted by Crippen LogP contribution is 2.25. The lowest BCUT2D eigenvalue weighted by molar-refractivity contribution is 0.168. The summed E-state index contributed by atoms with van der Waals surface area (Å²) >= 11 is 0. The van der Waals surface area contributed by atoms with Crippen molar-refractivity contribution >= 4 is 10.0 Å². The topological polar surface area (TPSA) is 58.6 Å². The Hall–Kier alpha value is -1.11. The Balaban J connectivity index is 2.11. The molecule has 1 N–H and O–H groups in total. The third-order valence-electron chi connectivity index (χ3n) is 4.19. The van der Waals surface area contributed by atoms with E-state index in [2.05, 4.69) is 23.5 Å². The maximum Gasteiger partial charge on any atom is 0.244 e. The van der Waals surface area contributed by atoms with Gasteiger partial charge in [-0.1, -0.05) is 6.07 Å². The van der Waals surface area contributed by atoms with Gasteiger partial charge in [0.1, 0.15) is 10.6 Å². The fourth-order valence-corrected chi connectivity index (χ4v) is 4.37. The van der Waals surface area contributed by atoms with Gasteiger partial charge in [0.2, 0.25) is 10.0 Å². The molecule has 0 amide bonds. The van der Waals surface area contributed by atoms with Gasteiger partial charge in [0.05, 0.1) is 7.11 Å². The number of nitrogens with one attached hydrogen (secondary N) is 1. The molecule has 0 aromatic heterocycles. The molecule has 1 aliphatic rings. The molecule has 124 valence electrons. The van der Waals surface area contributed by atoms with Crippen LogP contribution in [0.3, 0.4) is 0 Å². The Morgan fingerprint density at radius 3 is 2.45 bits per heavy atom. The number of benzene rings is 1. The molecule has 1 saturated heterocycles. The fraction of sp³-hybridized carbons (Fsp3) is 0.625. The number of hydrogen-bond donors (Lipinski definition) is 1. The first kappa shape index (κ1) is 17.2. The van der Waals surface area contributed by atoms with E-state index in [1.165, 1.54) is 7.11 Å². The number of methoxy groups -OCH3 is 1. The lowest BCUT2D eigenvalue weighted by Gasteiger charge is -2.34. The van der Waals surface area contributed by atoms with Gasteiger partial charge in [-0.05, 0) is 64.4 Å². The van der Waals surface area contributed by atoms with Crippen molar-refractivity contribution in [3.63, 3.8) is 0 Å². The van der Waals surface area contributed by atoms with Crippen molar-refractivity contribution in [2.45, 2.75) is 50.6 Å². The highest BCUT2D eigenvalue weighted by molar-refractivity contribution is 7.89. The highest BCUT2D eigenvalue weighted by atomic mass is 32.2. The molecule has 2 rings (SSSR count). The van der Waals surface area contributed by atoms with Crippen LogP contribution < -0.4 is 9.46 Å². The average molecular weight is 326 g/mol. The predicted molar refractivity (Wildman–Crippen MR) is 87.8 cm³/mol. The van der Waals surface area contributed by atoms with Crippen molar-refractivity contribution < 1.29 is 13.2 Å². The molecular weight excluding hydrogens is 300 g/mol. The highest BCUT2D eigenvalue weighted by Gasteiger charge is 2.27. The quantitative estimate of drug-likeness (QED) is 0.901. The summed E-state index contributed by atoms with van der Waals surface area (Å²) in [5, 5.41) is 0. The summed E-state index contributed by atoms with van der Waals surface area (Å²) < 4.78 is 33.3. The van der Waals surface area contributed by atoms with Crippen LogP contribution in [0.2, 0.25) is 0 Å². The van der Waals surface area contributed by atoms with Crippen molar-refractivity contribution in [2.75, 3.05) is 20.2 Å². The third kappa shape index (κ3) is 4.00. The molecule has 22 heavy (non-hydrogen) atoms. The second-order valence-electron chi connectivity index (χ2n) is 6.18. The normalized spacial score (nSPS) is 17.9. The summed E-state index contributed by atoms with van der Waals surface area (Å²) in [6.45, 7) is 8.06. The first-order valence-corrected chi connectivity index (χ1v) is 9.23. The van der Waals surface area contributed by atoms with Crippen LogP contribution in [0.15, 0.2) is 23.1 Å². The molecule has 0 bridgehead atoms. The fourth-order valence-electron chi connectivity index (χ4n) is 2.81. The number of ether oxygens (including phenoxy) is 1. The Morgan fingerprint density at radius 2 is 1.91 bits per heavy atom. The monoisotopic (exact) mass is 326 g/mol. The van der Waals surface area contributed by atoms with E-state index >= 15 is 0 Å². The lowest BCUT2D eigenvalue weighted by Crippen LogP contribution is -2.46. The number of nitrogens with zero attached hydrogens (tertiary/aromatic N) is 1. The van der Waals surface area contributed by atoms with E-state index in [1.54, 1.807) is 12.1 Å². The van der Waals surface area contributed by atoms with Gasteiger partial charge in [-0.2, -0.15) is 0 Å². The number of likely N-dealkylation sites (tertiary alicyclic amines) is 1. The maximum absolute atomic E-state index is 12.6. The molecule has 0 radical (unpaired) electrons. The zero-order valence-electron chi connectivity index (χ0n) is 13.8. The van der Waals surface area contributed by atoms with Crippen molar-refractivity contribution in [2.24, 2.45) is 0 Å². The Bertz CT molecular complexity index is 606. The van der Waals surface area contributed by atoms with Crippen molar-refractivity contribution in [3.8, 4) is 5.75 Å². The molecule has 0 atom stereocenters. The molecule has 1 aromatic rings. The van der Waals surface area contributed by atoms with E-state index in [1.807, 2.05) is 13.0 Å². The van der Waals surface area contributed by atoms with Gasteiger partial charge in [0, 0.05) is 12.1 Å². The van der Waals surface area contributed by atoms with Gasteiger partial charge in [-0.3, -0.25) is 0 Å². The number of aryl methyl sites for hydroxylation is 1. The molecule has 5 nitrogen and oxygen atoms in total. The standard InChI is InChI=1S/C16H26N2O3S/c1-12(2)18-9-7-14(8-10-18)17-22(19,20)16-11-13(3)5-6-15(16)21-4/h5-6,11-12,14,17H,7-10H2,1-4H3. The molecule has 0 unspecified atom stereocenters. The van der Waals surface area contributed by atoms with Crippen LogP contribution in [0.1, 0.15) is 32.3 Å². The zero-order valence-corrected chi connectivity index (χ0v) is 14.6. The van der Waals surface area contributed by atoms with Gasteiger partial charge in [-0.15, -0.1) is 0 Å². The molecule has 1 aromatic carbocycles. The van der Waals surface area contributed by atoms with Crippen LogP contribution in [-0.2, 0) is 10.0 Å². The van der Waals surface area contributed by atoms with Crippen molar-refractivity contribution in [1.29, 1.82) is 0 Å². The van der Waals surface area contributed by atoms with Gasteiger partial charge >= 0.3 is 0 Å². The third-order valence-corrected chi connectivity index (χ3v) is 5.73. The molecule has 0 saturated carbocycles. The lowest BCUT2D eigenvalue weighted by atomic mass is 10.1. The SMILES string of the molecule is COc1ccc(C)cc1S(=O)(=O)NC1CCN(C(C)C)CC1. The molecule has 0 aliphatic carbocycles. The van der Waals surface area contributed by atoms with E-state index in [0.717, 1.165) is 31.5 Å². The van der Waals surface area contributed by atoms with Gasteiger partial charge < -0.3 is 9.64 Å². The Labute approximate surface area is 133 Å². The van der Waals surface area contributed by atoms with E-state index in [4.69, 9.17) is 4.74 Å². The van der Waals surface area contributed by atoms with E-state index in [0.29, 0.717) is 11.8 Å². The minimum absolute atomic E-state index is 0.00906. The largest absolute Gasteiger partial charge is 0.495 e. The number of rotatable bonds is 5. The van der Waals surface area contributed by atoms with E-state index in [-0.39, 0.29) is 10.9 Å². The van der Waals surface area contributed by atoms with E-state index < -0.39 is 10.0 Å². The molecule has 1 heterocycles. The summed E-state index contributed by atoms with van der Waals surface area (Å²) in [5.41, 5.74) is 0.899. The number of piperidine rings is 1. The minimum Gasteiger partial charge on any atom is -0.495 e. The molecule has 0 spiro atoms. The average Bonchev–Trinajstić information content (AvgIpc) is 2.47. The van der Waals surface area contributed by atoms with Crippen LogP contribution >= 0.6 is 0 Å². The maximum atomic E-state index is 12.6. The summed E-state index contributed by atoms with van der Waals surface area (Å²) in [7, 11) is -2.07. The van der Waals surface area contributed by atoms with Crippen LogP contribution in [0, 0.1) is 6.92 Å². The first-order chi connectivity index (χ1) is 10.3. The van der Waals surface area contributed by atoms with Crippen molar-refractivity contribution in [1.82, 2.24) is 9.62 Å². The summed E-state index contributed by atoms with van der Waals surface area (Å²) in [6, 6.07) is 5.70. The Morgan fingerprint density at radius 1 is 1.27 bits per heavy atom. The van der Waals surface area contributed by atoms with Gasteiger partial charge in [0.25, 0.3) is 0 Å². The predicted octanol–water partition coefficient (Wildman–Crippen LogP) is 2.15. The summed E-state index contributed by atoms with van der Waals surface area (Å²) in [6.07, 6.45) is 1.68. The number of hydrogen-bond acceptors (Lipinski definition) is 4. The van der Waals surface area contributed by atoms with Crippen LogP contribution in [0.25, 0.3) is 0 Å². The molecule has 1 fully saturated rings. The van der Waals surface area contributed by atoms with Crippen molar-refractivity contribution in [3.05, 3.63) is 23.8 Å². The van der Waals surface area contributed by atoms with Crippen LogP contribution in [0.5, 0.6) is 5.75 Å².